The van der Waals surface area contributed by atoms with Gasteiger partial charge in [-0.3, -0.25) is 4.79 Å². The minimum absolute atomic E-state index is 0.0546. The van der Waals surface area contributed by atoms with E-state index in [9.17, 15) is 4.79 Å². The molecule has 0 unspecified atom stereocenters. The fraction of sp³-hybridized carbons (Fsp3) is 0.600. The van der Waals surface area contributed by atoms with E-state index in [2.05, 4.69) is 10.5 Å². The van der Waals surface area contributed by atoms with Crippen molar-refractivity contribution in [1.29, 1.82) is 0 Å². The molecular weight excluding hydrogens is 316 g/mol. The topological polar surface area (TPSA) is 59.9 Å². The number of carbonyl (C=O) groups excluding carboxylic acids is 1. The lowest BCUT2D eigenvalue weighted by atomic mass is 9.49. The molecule has 1 aromatic rings. The van der Waals surface area contributed by atoms with E-state index in [0.29, 0.717) is 6.42 Å². The fourth-order valence-corrected chi connectivity index (χ4v) is 6.06. The summed E-state index contributed by atoms with van der Waals surface area (Å²) < 4.78 is 10.6. The van der Waals surface area contributed by atoms with E-state index in [1.807, 2.05) is 18.2 Å². The van der Waals surface area contributed by atoms with Crippen LogP contribution in [0.25, 0.3) is 0 Å². The van der Waals surface area contributed by atoms with Gasteiger partial charge in [0.25, 0.3) is 0 Å². The second-order valence-corrected chi connectivity index (χ2v) is 8.50. The maximum absolute atomic E-state index is 12.4. The first-order valence-electron chi connectivity index (χ1n) is 9.39. The minimum Gasteiger partial charge on any atom is -0.454 e. The van der Waals surface area contributed by atoms with Crippen LogP contribution in [-0.2, 0) is 4.79 Å². The molecule has 0 saturated heterocycles. The van der Waals surface area contributed by atoms with Crippen molar-refractivity contribution in [1.82, 2.24) is 5.43 Å². The standard InChI is InChI=1S/C20H24N2O3/c23-19(10-20-7-14-3-15(8-20)5-16(4-14)9-20)22-21-11-13-1-2-17-18(6-13)25-12-24-17/h1-2,6,11,14-16H,3-5,7-10,12H2,(H,22,23). The molecule has 4 fully saturated rings. The molecule has 1 N–H and O–H groups in total. The third kappa shape index (κ3) is 2.90. The molecule has 4 saturated carbocycles. The maximum atomic E-state index is 12.4. The van der Waals surface area contributed by atoms with Crippen LogP contribution in [-0.4, -0.2) is 18.9 Å². The van der Waals surface area contributed by atoms with Crippen molar-refractivity contribution in [3.63, 3.8) is 0 Å². The van der Waals surface area contributed by atoms with Crippen LogP contribution in [0, 0.1) is 23.2 Å². The van der Waals surface area contributed by atoms with Gasteiger partial charge in [-0.1, -0.05) is 0 Å². The van der Waals surface area contributed by atoms with Crippen LogP contribution in [0.15, 0.2) is 23.3 Å². The molecule has 0 aromatic heterocycles. The summed E-state index contributed by atoms with van der Waals surface area (Å²) in [6, 6.07) is 5.64. The minimum atomic E-state index is 0.0546. The molecule has 132 valence electrons. The van der Waals surface area contributed by atoms with Crippen LogP contribution < -0.4 is 14.9 Å². The molecule has 4 bridgehead atoms. The second kappa shape index (κ2) is 5.75. The molecule has 5 nitrogen and oxygen atoms in total. The van der Waals surface area contributed by atoms with Gasteiger partial charge >= 0.3 is 0 Å². The first-order chi connectivity index (χ1) is 12.2. The van der Waals surface area contributed by atoms with Crippen molar-refractivity contribution >= 4 is 12.1 Å². The van der Waals surface area contributed by atoms with Gasteiger partial charge in [-0.25, -0.2) is 5.43 Å². The Morgan fingerprint density at radius 3 is 2.52 bits per heavy atom. The zero-order valence-corrected chi connectivity index (χ0v) is 14.4. The van der Waals surface area contributed by atoms with Crippen LogP contribution in [0.1, 0.15) is 50.5 Å². The first kappa shape index (κ1) is 15.2. The largest absolute Gasteiger partial charge is 0.454 e. The van der Waals surface area contributed by atoms with Gasteiger partial charge in [0, 0.05) is 6.42 Å². The monoisotopic (exact) mass is 340 g/mol. The molecule has 0 atom stereocenters. The highest BCUT2D eigenvalue weighted by molar-refractivity contribution is 5.83. The fourth-order valence-electron chi connectivity index (χ4n) is 6.06. The van der Waals surface area contributed by atoms with Crippen LogP contribution in [0.2, 0.25) is 0 Å². The summed E-state index contributed by atoms with van der Waals surface area (Å²) in [6.07, 6.45) is 10.3. The maximum Gasteiger partial charge on any atom is 0.240 e. The summed E-state index contributed by atoms with van der Waals surface area (Å²) in [4.78, 5) is 12.4. The van der Waals surface area contributed by atoms with Gasteiger partial charge in [0.2, 0.25) is 12.7 Å². The van der Waals surface area contributed by atoms with E-state index < -0.39 is 0 Å². The Bertz CT molecular complexity index is 692. The van der Waals surface area contributed by atoms with E-state index in [1.165, 1.54) is 38.5 Å². The van der Waals surface area contributed by atoms with Gasteiger partial charge in [0.1, 0.15) is 0 Å². The Balaban J connectivity index is 1.20. The summed E-state index contributed by atoms with van der Waals surface area (Å²) in [6.45, 7) is 0.262. The van der Waals surface area contributed by atoms with Gasteiger partial charge in [0.15, 0.2) is 11.5 Å². The third-order valence-electron chi connectivity index (χ3n) is 6.50. The number of benzene rings is 1. The average molecular weight is 340 g/mol. The average Bonchev–Trinajstić information content (AvgIpc) is 3.00. The SMILES string of the molecule is O=C(CC12CC3CC(CC(C3)C1)C2)NN=Cc1ccc2c(c1)OCO2. The lowest BCUT2D eigenvalue weighted by Gasteiger charge is -2.56. The molecule has 1 aliphatic heterocycles. The quantitative estimate of drug-likeness (QED) is 0.674. The van der Waals surface area contributed by atoms with Crippen molar-refractivity contribution in [2.24, 2.45) is 28.3 Å². The van der Waals surface area contributed by atoms with E-state index >= 15 is 0 Å². The van der Waals surface area contributed by atoms with Crippen LogP contribution in [0.3, 0.4) is 0 Å². The lowest BCUT2D eigenvalue weighted by molar-refractivity contribution is -0.129. The molecule has 1 heterocycles. The summed E-state index contributed by atoms with van der Waals surface area (Å²) >= 11 is 0. The zero-order chi connectivity index (χ0) is 16.9. The van der Waals surface area contributed by atoms with Crippen molar-refractivity contribution < 1.29 is 14.3 Å². The predicted molar refractivity (Wildman–Crippen MR) is 93.5 cm³/mol. The highest BCUT2D eigenvalue weighted by Crippen LogP contribution is 2.61. The molecule has 1 aromatic carbocycles. The van der Waals surface area contributed by atoms with E-state index in [-0.39, 0.29) is 18.1 Å². The predicted octanol–water partition coefficient (Wildman–Crippen LogP) is 3.47. The number of fused-ring (bicyclic) bond motifs is 1. The van der Waals surface area contributed by atoms with Crippen molar-refractivity contribution in [2.75, 3.05) is 6.79 Å². The van der Waals surface area contributed by atoms with E-state index in [1.54, 1.807) is 6.21 Å². The summed E-state index contributed by atoms with van der Waals surface area (Å²) in [5.41, 5.74) is 3.88. The number of hydrazone groups is 1. The third-order valence-corrected chi connectivity index (χ3v) is 6.50. The molecular formula is C20H24N2O3. The van der Waals surface area contributed by atoms with E-state index in [0.717, 1.165) is 34.8 Å². The zero-order valence-electron chi connectivity index (χ0n) is 14.4. The number of rotatable bonds is 4. The summed E-state index contributed by atoms with van der Waals surface area (Å²) in [7, 11) is 0. The highest BCUT2D eigenvalue weighted by Gasteiger charge is 2.51. The lowest BCUT2D eigenvalue weighted by Crippen LogP contribution is -2.47. The number of ether oxygens (including phenoxy) is 2. The number of carbonyl (C=O) groups is 1. The van der Waals surface area contributed by atoms with Crippen LogP contribution in [0.4, 0.5) is 0 Å². The van der Waals surface area contributed by atoms with E-state index in [4.69, 9.17) is 9.47 Å². The number of nitrogens with one attached hydrogen (secondary N) is 1. The number of hydrogen-bond donors (Lipinski definition) is 1. The Hall–Kier alpha value is -2.04. The van der Waals surface area contributed by atoms with Gasteiger partial charge in [-0.2, -0.15) is 5.10 Å². The Morgan fingerprint density at radius 2 is 1.80 bits per heavy atom. The molecule has 0 radical (unpaired) electrons. The van der Waals surface area contributed by atoms with Crippen molar-refractivity contribution in [3.8, 4) is 11.5 Å². The molecule has 4 aliphatic carbocycles. The number of hydrogen-bond acceptors (Lipinski definition) is 4. The van der Waals surface area contributed by atoms with Gasteiger partial charge in [-0.15, -0.1) is 0 Å². The van der Waals surface area contributed by atoms with Crippen molar-refractivity contribution in [3.05, 3.63) is 23.8 Å². The highest BCUT2D eigenvalue weighted by atomic mass is 16.7. The Kier molecular flexibility index (Phi) is 3.50. The molecule has 6 rings (SSSR count). The van der Waals surface area contributed by atoms with Gasteiger partial charge in [-0.05, 0) is 85.5 Å². The smallest absolute Gasteiger partial charge is 0.240 e. The number of nitrogens with zero attached hydrogens (tertiary/aromatic N) is 1. The van der Waals surface area contributed by atoms with Gasteiger partial charge < -0.3 is 9.47 Å². The van der Waals surface area contributed by atoms with Crippen LogP contribution >= 0.6 is 0 Å². The van der Waals surface area contributed by atoms with Crippen LogP contribution in [0.5, 0.6) is 11.5 Å². The number of amides is 1. The summed E-state index contributed by atoms with van der Waals surface area (Å²) in [5, 5.41) is 4.14. The van der Waals surface area contributed by atoms with Gasteiger partial charge in [0.05, 0.1) is 6.21 Å². The van der Waals surface area contributed by atoms with Crippen molar-refractivity contribution in [2.45, 2.75) is 44.9 Å². The summed E-state index contributed by atoms with van der Waals surface area (Å²) in [5.74, 6) is 4.15. The first-order valence-corrected chi connectivity index (χ1v) is 9.39. The molecule has 0 spiro atoms. The molecule has 25 heavy (non-hydrogen) atoms. The molecule has 5 aliphatic rings. The second-order valence-electron chi connectivity index (χ2n) is 8.50. The molecule has 5 heteroatoms. The molecule has 1 amide bonds. The Labute approximate surface area is 147 Å². The Morgan fingerprint density at radius 1 is 1.12 bits per heavy atom. The normalized spacial score (nSPS) is 34.6.